The smallest absolute Gasteiger partial charge is 0.254 e. The Balaban J connectivity index is 1.33. The van der Waals surface area contributed by atoms with E-state index >= 15 is 0 Å². The van der Waals surface area contributed by atoms with Crippen LogP contribution in [-0.2, 0) is 4.79 Å². The fourth-order valence-corrected chi connectivity index (χ4v) is 4.86. The minimum absolute atomic E-state index is 0.0287. The first-order valence-corrected chi connectivity index (χ1v) is 13.0. The van der Waals surface area contributed by atoms with Crippen molar-refractivity contribution >= 4 is 23.4 Å². The van der Waals surface area contributed by atoms with Gasteiger partial charge in [0.15, 0.2) is 11.5 Å². The molecule has 1 atom stereocenters. The molecule has 37 heavy (non-hydrogen) atoms. The van der Waals surface area contributed by atoms with Crippen molar-refractivity contribution in [2.45, 2.75) is 45.1 Å². The minimum atomic E-state index is -0.338. The number of unbranched alkanes of at least 4 members (excludes halogenated alkanes) is 1. The number of hydrogen-bond donors (Lipinski definition) is 0. The van der Waals surface area contributed by atoms with Crippen LogP contribution in [0.25, 0.3) is 11.4 Å². The maximum Gasteiger partial charge on any atom is 0.254 e. The van der Waals surface area contributed by atoms with Gasteiger partial charge in [0.1, 0.15) is 12.6 Å². The van der Waals surface area contributed by atoms with Gasteiger partial charge >= 0.3 is 0 Å². The van der Waals surface area contributed by atoms with E-state index in [-0.39, 0.29) is 31.2 Å². The fourth-order valence-electron chi connectivity index (χ4n) is 4.67. The number of piperidine rings is 1. The highest BCUT2D eigenvalue weighted by atomic mass is 35.5. The van der Waals surface area contributed by atoms with Gasteiger partial charge in [-0.2, -0.15) is 4.98 Å². The molecule has 1 aromatic heterocycles. The van der Waals surface area contributed by atoms with Crippen molar-refractivity contribution in [2.75, 3.05) is 26.4 Å². The van der Waals surface area contributed by atoms with Gasteiger partial charge in [-0.3, -0.25) is 9.59 Å². The molecule has 1 unspecified atom stereocenters. The number of benzene rings is 2. The summed E-state index contributed by atoms with van der Waals surface area (Å²) in [5, 5.41) is 4.71. The van der Waals surface area contributed by atoms with Crippen LogP contribution in [0.4, 0.5) is 0 Å². The normalized spacial score (nSPS) is 16.6. The highest BCUT2D eigenvalue weighted by molar-refractivity contribution is 6.30. The van der Waals surface area contributed by atoms with Crippen LogP contribution < -0.4 is 9.47 Å². The Kier molecular flexibility index (Phi) is 7.60. The molecule has 2 aromatic carbocycles. The van der Waals surface area contributed by atoms with Crippen LogP contribution in [0.2, 0.25) is 5.02 Å². The lowest BCUT2D eigenvalue weighted by Gasteiger charge is -2.35. The van der Waals surface area contributed by atoms with Gasteiger partial charge < -0.3 is 23.8 Å². The summed E-state index contributed by atoms with van der Waals surface area (Å²) in [6.07, 6.45) is 4.23. The molecule has 0 N–H and O–H groups in total. The van der Waals surface area contributed by atoms with E-state index in [9.17, 15) is 9.59 Å². The van der Waals surface area contributed by atoms with Crippen LogP contribution in [0.1, 0.15) is 61.3 Å². The number of hydrogen-bond acceptors (Lipinski definition) is 7. The van der Waals surface area contributed by atoms with E-state index in [1.807, 2.05) is 12.1 Å². The van der Waals surface area contributed by atoms with Crippen molar-refractivity contribution in [3.8, 4) is 22.9 Å². The molecule has 0 saturated carbocycles. The van der Waals surface area contributed by atoms with Gasteiger partial charge in [-0.05, 0) is 56.0 Å². The number of fused-ring (bicyclic) bond motifs is 1. The van der Waals surface area contributed by atoms with E-state index in [2.05, 4.69) is 17.1 Å². The summed E-state index contributed by atoms with van der Waals surface area (Å²) in [7, 11) is 0. The number of carbonyl (C=O) groups is 2. The molecule has 0 spiro atoms. The quantitative estimate of drug-likeness (QED) is 0.403. The van der Waals surface area contributed by atoms with E-state index in [1.54, 1.807) is 40.1 Å². The first-order valence-electron chi connectivity index (χ1n) is 12.6. The predicted octanol–water partition coefficient (Wildman–Crippen LogP) is 5.11. The highest BCUT2D eigenvalue weighted by Crippen LogP contribution is 2.34. The van der Waals surface area contributed by atoms with Crippen LogP contribution in [-0.4, -0.2) is 58.2 Å². The number of rotatable bonds is 8. The Hall–Kier alpha value is -3.59. The lowest BCUT2D eigenvalue weighted by Crippen LogP contribution is -2.46. The SMILES string of the molecule is CCCCN(CC(=O)N1CCCCC1c1nc(-c2cccc(Cl)c2)no1)C(=O)c1ccc2c(c1)OCO2. The number of amides is 2. The van der Waals surface area contributed by atoms with Crippen molar-refractivity contribution in [2.24, 2.45) is 0 Å². The van der Waals surface area contributed by atoms with Crippen molar-refractivity contribution in [3.63, 3.8) is 0 Å². The number of halogens is 1. The molecule has 1 fully saturated rings. The molecule has 0 radical (unpaired) electrons. The summed E-state index contributed by atoms with van der Waals surface area (Å²) in [6.45, 7) is 3.21. The van der Waals surface area contributed by atoms with E-state index in [0.29, 0.717) is 53.3 Å². The molecule has 1 saturated heterocycles. The van der Waals surface area contributed by atoms with Crippen LogP contribution in [0, 0.1) is 0 Å². The van der Waals surface area contributed by atoms with Crippen molar-refractivity contribution < 1.29 is 23.6 Å². The summed E-state index contributed by atoms with van der Waals surface area (Å²) in [5.74, 6) is 1.62. The average molecular weight is 525 g/mol. The second-order valence-corrected chi connectivity index (χ2v) is 9.65. The van der Waals surface area contributed by atoms with Gasteiger partial charge in [-0.25, -0.2) is 0 Å². The van der Waals surface area contributed by atoms with E-state index in [4.69, 9.17) is 25.6 Å². The Morgan fingerprint density at radius 1 is 1.14 bits per heavy atom. The second kappa shape index (κ2) is 11.2. The first kappa shape index (κ1) is 25.1. The summed E-state index contributed by atoms with van der Waals surface area (Å²) in [4.78, 5) is 35.0. The largest absolute Gasteiger partial charge is 0.454 e. The van der Waals surface area contributed by atoms with Gasteiger partial charge in [0.25, 0.3) is 5.91 Å². The van der Waals surface area contributed by atoms with Gasteiger partial charge in [0.05, 0.1) is 0 Å². The van der Waals surface area contributed by atoms with Crippen molar-refractivity contribution in [1.29, 1.82) is 0 Å². The summed E-state index contributed by atoms with van der Waals surface area (Å²) in [6, 6.07) is 12.0. The summed E-state index contributed by atoms with van der Waals surface area (Å²) >= 11 is 6.11. The predicted molar refractivity (Wildman–Crippen MR) is 136 cm³/mol. The lowest BCUT2D eigenvalue weighted by atomic mass is 10.0. The third kappa shape index (κ3) is 5.56. The molecule has 3 heterocycles. The molecule has 0 bridgehead atoms. The zero-order valence-corrected chi connectivity index (χ0v) is 21.4. The zero-order valence-electron chi connectivity index (χ0n) is 20.7. The Morgan fingerprint density at radius 3 is 2.84 bits per heavy atom. The number of nitrogens with zero attached hydrogens (tertiary/aromatic N) is 4. The highest BCUT2D eigenvalue weighted by Gasteiger charge is 2.34. The third-order valence-corrected chi connectivity index (χ3v) is 6.88. The molecular formula is C27H29ClN4O5. The van der Waals surface area contributed by atoms with E-state index in [1.165, 1.54) is 0 Å². The average Bonchev–Trinajstić information content (AvgIpc) is 3.60. The summed E-state index contributed by atoms with van der Waals surface area (Å²) < 4.78 is 16.4. The van der Waals surface area contributed by atoms with Gasteiger partial charge in [0, 0.05) is 29.2 Å². The monoisotopic (exact) mass is 524 g/mol. The Morgan fingerprint density at radius 2 is 2.00 bits per heavy atom. The van der Waals surface area contributed by atoms with Gasteiger partial charge in [-0.1, -0.05) is 42.2 Å². The molecule has 3 aromatic rings. The molecule has 194 valence electrons. The van der Waals surface area contributed by atoms with Gasteiger partial charge in [0.2, 0.25) is 24.4 Å². The van der Waals surface area contributed by atoms with Crippen molar-refractivity contribution in [3.05, 3.63) is 58.9 Å². The molecule has 9 nitrogen and oxygen atoms in total. The zero-order chi connectivity index (χ0) is 25.8. The van der Waals surface area contributed by atoms with Gasteiger partial charge in [-0.15, -0.1) is 0 Å². The van der Waals surface area contributed by atoms with Crippen LogP contribution in [0.3, 0.4) is 0 Å². The fraction of sp³-hybridized carbons (Fsp3) is 0.407. The summed E-state index contributed by atoms with van der Waals surface area (Å²) in [5.41, 5.74) is 1.21. The van der Waals surface area contributed by atoms with E-state index < -0.39 is 0 Å². The number of aromatic nitrogens is 2. The molecule has 2 aliphatic heterocycles. The molecule has 2 aliphatic rings. The molecule has 5 rings (SSSR count). The lowest BCUT2D eigenvalue weighted by molar-refractivity contribution is -0.136. The Labute approximate surface area is 220 Å². The number of carbonyl (C=O) groups excluding carboxylic acids is 2. The maximum atomic E-state index is 13.6. The molecule has 0 aliphatic carbocycles. The standard InChI is InChI=1S/C27H29ClN4O5/c1-2-3-12-31(27(34)19-10-11-22-23(15-19)36-17-35-22)16-24(33)32-13-5-4-9-21(32)26-29-25(30-37-26)18-7-6-8-20(28)14-18/h6-8,10-11,14-15,21H,2-5,9,12-13,16-17H2,1H3. The van der Waals surface area contributed by atoms with Crippen LogP contribution in [0.15, 0.2) is 47.0 Å². The first-order chi connectivity index (χ1) is 18.0. The maximum absolute atomic E-state index is 13.6. The number of likely N-dealkylation sites (tertiary alicyclic amines) is 1. The third-order valence-electron chi connectivity index (χ3n) is 6.65. The molecule has 10 heteroatoms. The Bertz CT molecular complexity index is 1280. The van der Waals surface area contributed by atoms with E-state index in [0.717, 1.165) is 31.2 Å². The second-order valence-electron chi connectivity index (χ2n) is 9.21. The molecular weight excluding hydrogens is 496 g/mol. The van der Waals surface area contributed by atoms with Crippen molar-refractivity contribution in [1.82, 2.24) is 19.9 Å². The topological polar surface area (TPSA) is 98.0 Å². The number of ether oxygens (including phenoxy) is 2. The molecule has 2 amide bonds. The minimum Gasteiger partial charge on any atom is -0.454 e. The van der Waals surface area contributed by atoms with Crippen LogP contribution >= 0.6 is 11.6 Å². The van der Waals surface area contributed by atoms with Crippen LogP contribution in [0.5, 0.6) is 11.5 Å².